The number of hydrogen-bond donors (Lipinski definition) is 1. The van der Waals surface area contributed by atoms with E-state index in [-0.39, 0.29) is 17.1 Å². The largest absolute Gasteiger partial charge is 0.496 e. The maximum absolute atomic E-state index is 12.3. The lowest BCUT2D eigenvalue weighted by Crippen LogP contribution is -2.15. The van der Waals surface area contributed by atoms with Gasteiger partial charge in [0.2, 0.25) is 11.1 Å². The number of amides is 1. The molecule has 29 heavy (non-hydrogen) atoms. The molecule has 1 aromatic heterocycles. The lowest BCUT2D eigenvalue weighted by Gasteiger charge is -2.09. The zero-order chi connectivity index (χ0) is 21.0. The Morgan fingerprint density at radius 1 is 1.28 bits per heavy atom. The first kappa shape index (κ1) is 20.3. The number of thioether (sulfide) groups is 1. The van der Waals surface area contributed by atoms with E-state index in [1.165, 1.54) is 25.3 Å². The van der Waals surface area contributed by atoms with Gasteiger partial charge in [-0.25, -0.2) is 0 Å². The Labute approximate surface area is 170 Å². The number of nitro groups is 1. The molecule has 1 heterocycles. The first-order valence-electron chi connectivity index (χ1n) is 8.50. The maximum Gasteiger partial charge on any atom is 0.296 e. The number of rotatable bonds is 7. The first-order chi connectivity index (χ1) is 13.9. The number of hydrogen-bond acceptors (Lipinski definition) is 8. The summed E-state index contributed by atoms with van der Waals surface area (Å²) < 4.78 is 6.55. The molecule has 1 N–H and O–H groups in total. The van der Waals surface area contributed by atoms with Crippen molar-refractivity contribution in [2.75, 3.05) is 18.2 Å². The van der Waals surface area contributed by atoms with Gasteiger partial charge in [0.05, 0.1) is 29.5 Å². The van der Waals surface area contributed by atoms with Gasteiger partial charge < -0.3 is 10.1 Å². The number of nitro benzene ring substituents is 1. The molecule has 0 atom stereocenters. The smallest absolute Gasteiger partial charge is 0.296 e. The third kappa shape index (κ3) is 4.69. The Hall–Kier alpha value is -3.47. The van der Waals surface area contributed by atoms with E-state index in [0.29, 0.717) is 10.9 Å². The van der Waals surface area contributed by atoms with Gasteiger partial charge in [-0.1, -0.05) is 29.5 Å². The van der Waals surface area contributed by atoms with E-state index in [2.05, 4.69) is 20.8 Å². The Balaban J connectivity index is 1.71. The Morgan fingerprint density at radius 2 is 2.07 bits per heavy atom. The molecule has 0 aliphatic rings. The van der Waals surface area contributed by atoms with E-state index >= 15 is 0 Å². The molecule has 0 radical (unpaired) electrons. The highest BCUT2D eigenvalue weighted by molar-refractivity contribution is 7.99. The maximum atomic E-state index is 12.3. The average Bonchev–Trinajstić information content (AvgIpc) is 3.14. The summed E-state index contributed by atoms with van der Waals surface area (Å²) in [5, 5.41) is 25.9. The van der Waals surface area contributed by atoms with Gasteiger partial charge in [-0.2, -0.15) is 4.68 Å². The minimum Gasteiger partial charge on any atom is -0.496 e. The second-order valence-electron chi connectivity index (χ2n) is 6.14. The zero-order valence-corrected chi connectivity index (χ0v) is 16.8. The van der Waals surface area contributed by atoms with Crippen LogP contribution in [0.1, 0.15) is 11.1 Å². The molecule has 3 rings (SSSR count). The minimum atomic E-state index is -0.577. The van der Waals surface area contributed by atoms with Crippen LogP contribution in [-0.4, -0.2) is 43.9 Å². The van der Waals surface area contributed by atoms with Crippen LogP contribution in [0.3, 0.4) is 0 Å². The number of methoxy groups -OCH3 is 1. The first-order valence-corrected chi connectivity index (χ1v) is 9.48. The van der Waals surface area contributed by atoms with E-state index < -0.39 is 10.8 Å². The third-order valence-corrected chi connectivity index (χ3v) is 4.95. The number of tetrazole rings is 1. The molecule has 3 aromatic rings. The van der Waals surface area contributed by atoms with Gasteiger partial charge in [0.15, 0.2) is 0 Å². The quantitative estimate of drug-likeness (QED) is 0.355. The standard InChI is InChI=1S/C18H18N6O4S/c1-11-4-7-15(12(2)8-11)23-18(20-21-22-23)29-10-17(25)19-14-6-5-13(28-3)9-16(14)24(26)27/h4-9H,10H2,1-3H3,(H,19,25). The minimum absolute atomic E-state index is 0.0194. The van der Waals surface area contributed by atoms with Crippen molar-refractivity contribution in [2.45, 2.75) is 19.0 Å². The fourth-order valence-corrected chi connectivity index (χ4v) is 3.36. The summed E-state index contributed by atoms with van der Waals surface area (Å²) >= 11 is 1.13. The van der Waals surface area contributed by atoms with Crippen LogP contribution in [0.5, 0.6) is 5.75 Å². The Kier molecular flexibility index (Phi) is 6.07. The lowest BCUT2D eigenvalue weighted by atomic mass is 10.1. The highest BCUT2D eigenvalue weighted by Crippen LogP contribution is 2.29. The number of nitrogens with one attached hydrogen (secondary N) is 1. The molecule has 0 aliphatic carbocycles. The molecule has 150 valence electrons. The van der Waals surface area contributed by atoms with Crippen molar-refractivity contribution in [1.82, 2.24) is 20.2 Å². The molecule has 11 heteroatoms. The molecule has 10 nitrogen and oxygen atoms in total. The van der Waals surface area contributed by atoms with Crippen molar-refractivity contribution in [2.24, 2.45) is 0 Å². The second-order valence-corrected chi connectivity index (χ2v) is 7.08. The van der Waals surface area contributed by atoms with E-state index in [1.54, 1.807) is 4.68 Å². The van der Waals surface area contributed by atoms with Crippen LogP contribution in [0.2, 0.25) is 0 Å². The van der Waals surface area contributed by atoms with Gasteiger partial charge in [-0.05, 0) is 48.0 Å². The fourth-order valence-electron chi connectivity index (χ4n) is 2.67. The summed E-state index contributed by atoms with van der Waals surface area (Å²) in [7, 11) is 1.41. The lowest BCUT2D eigenvalue weighted by molar-refractivity contribution is -0.384. The summed E-state index contributed by atoms with van der Waals surface area (Å²) in [6, 6.07) is 10.1. The number of aryl methyl sites for hydroxylation is 2. The van der Waals surface area contributed by atoms with Gasteiger partial charge >= 0.3 is 0 Å². The number of carbonyl (C=O) groups excluding carboxylic acids is 1. The summed E-state index contributed by atoms with van der Waals surface area (Å²) in [6.07, 6.45) is 0. The molecule has 0 saturated heterocycles. The topological polar surface area (TPSA) is 125 Å². The highest BCUT2D eigenvalue weighted by Gasteiger charge is 2.18. The summed E-state index contributed by atoms with van der Waals surface area (Å²) in [6.45, 7) is 3.95. The Bertz CT molecular complexity index is 1070. The van der Waals surface area contributed by atoms with E-state index in [0.717, 1.165) is 28.6 Å². The third-order valence-electron chi connectivity index (χ3n) is 4.03. The average molecular weight is 414 g/mol. The van der Waals surface area contributed by atoms with Crippen LogP contribution < -0.4 is 10.1 Å². The molecular formula is C18H18N6O4S. The zero-order valence-electron chi connectivity index (χ0n) is 15.9. The van der Waals surface area contributed by atoms with Crippen LogP contribution in [0.25, 0.3) is 5.69 Å². The second kappa shape index (κ2) is 8.69. The van der Waals surface area contributed by atoms with E-state index in [9.17, 15) is 14.9 Å². The normalized spacial score (nSPS) is 10.6. The molecule has 0 bridgehead atoms. The predicted octanol–water partition coefficient (Wildman–Crippen LogP) is 2.93. The number of anilines is 1. The van der Waals surface area contributed by atoms with Crippen LogP contribution >= 0.6 is 11.8 Å². The molecule has 0 saturated carbocycles. The van der Waals surface area contributed by atoms with Crippen LogP contribution in [0.4, 0.5) is 11.4 Å². The van der Waals surface area contributed by atoms with E-state index in [4.69, 9.17) is 4.74 Å². The number of aromatic nitrogens is 4. The van der Waals surface area contributed by atoms with Crippen molar-refractivity contribution in [1.29, 1.82) is 0 Å². The van der Waals surface area contributed by atoms with Gasteiger partial charge in [-0.15, -0.1) is 5.10 Å². The van der Waals surface area contributed by atoms with Crippen molar-refractivity contribution >= 4 is 29.0 Å². The molecule has 0 fully saturated rings. The van der Waals surface area contributed by atoms with Crippen molar-refractivity contribution in [3.8, 4) is 11.4 Å². The predicted molar refractivity (Wildman–Crippen MR) is 108 cm³/mol. The summed E-state index contributed by atoms with van der Waals surface area (Å²) in [5.41, 5.74) is 2.78. The van der Waals surface area contributed by atoms with Crippen LogP contribution in [-0.2, 0) is 4.79 Å². The molecule has 1 amide bonds. The van der Waals surface area contributed by atoms with E-state index in [1.807, 2.05) is 32.0 Å². The number of carbonyl (C=O) groups is 1. The number of nitrogens with zero attached hydrogens (tertiary/aromatic N) is 5. The monoisotopic (exact) mass is 414 g/mol. The molecule has 0 unspecified atom stereocenters. The number of benzene rings is 2. The van der Waals surface area contributed by atoms with Gasteiger partial charge in [0.1, 0.15) is 11.4 Å². The molecule has 2 aromatic carbocycles. The van der Waals surface area contributed by atoms with Crippen molar-refractivity contribution in [3.63, 3.8) is 0 Å². The summed E-state index contributed by atoms with van der Waals surface area (Å²) in [5.74, 6) is -0.107. The van der Waals surface area contributed by atoms with Crippen molar-refractivity contribution in [3.05, 3.63) is 57.6 Å². The van der Waals surface area contributed by atoms with Gasteiger partial charge in [0, 0.05) is 0 Å². The SMILES string of the molecule is COc1ccc(NC(=O)CSc2nnnn2-c2ccc(C)cc2C)c([N+](=O)[O-])c1. The van der Waals surface area contributed by atoms with Gasteiger partial charge in [0.25, 0.3) is 5.69 Å². The van der Waals surface area contributed by atoms with Crippen LogP contribution in [0, 0.1) is 24.0 Å². The Morgan fingerprint density at radius 3 is 2.76 bits per heavy atom. The van der Waals surface area contributed by atoms with Crippen LogP contribution in [0.15, 0.2) is 41.6 Å². The fraction of sp³-hybridized carbons (Fsp3) is 0.222. The molecule has 0 aliphatic heterocycles. The summed E-state index contributed by atoms with van der Waals surface area (Å²) in [4.78, 5) is 23.0. The highest BCUT2D eigenvalue weighted by atomic mass is 32.2. The number of ether oxygens (including phenoxy) is 1. The van der Waals surface area contributed by atoms with Gasteiger partial charge in [-0.3, -0.25) is 14.9 Å². The van der Waals surface area contributed by atoms with Crippen molar-refractivity contribution < 1.29 is 14.5 Å². The molecular weight excluding hydrogens is 396 g/mol. The molecule has 0 spiro atoms.